The number of likely N-dealkylation sites (tertiary alicyclic amines) is 1. The Labute approximate surface area is 210 Å². The molecular formula is C26H34Cl3N3. The van der Waals surface area contributed by atoms with E-state index in [1.54, 1.807) is 0 Å². The highest BCUT2D eigenvalue weighted by Crippen LogP contribution is 2.34. The van der Waals surface area contributed by atoms with Crippen molar-refractivity contribution in [3.63, 3.8) is 0 Å². The molecule has 1 fully saturated rings. The molecule has 1 aliphatic heterocycles. The molecule has 174 valence electrons. The van der Waals surface area contributed by atoms with Crippen molar-refractivity contribution < 1.29 is 0 Å². The second-order valence-electron chi connectivity index (χ2n) is 8.29. The summed E-state index contributed by atoms with van der Waals surface area (Å²) in [5.41, 5.74) is 4.49. The van der Waals surface area contributed by atoms with E-state index in [9.17, 15) is 0 Å². The second kappa shape index (κ2) is 12.2. The predicted molar refractivity (Wildman–Crippen MR) is 143 cm³/mol. The first kappa shape index (κ1) is 26.9. The molecule has 0 radical (unpaired) electrons. The first-order valence-corrected chi connectivity index (χ1v) is 11.6. The van der Waals surface area contributed by atoms with E-state index in [0.717, 1.165) is 54.0 Å². The fourth-order valence-electron chi connectivity index (χ4n) is 4.91. The summed E-state index contributed by atoms with van der Waals surface area (Å²) in [6.07, 6.45) is 2.48. The van der Waals surface area contributed by atoms with Gasteiger partial charge in [-0.05, 0) is 56.6 Å². The number of halogens is 3. The maximum Gasteiger partial charge on any atom is 0.0727 e. The van der Waals surface area contributed by atoms with Gasteiger partial charge in [-0.3, -0.25) is 4.90 Å². The Balaban J connectivity index is 0.00000181. The molecule has 0 saturated carbocycles. The molecule has 1 unspecified atom stereocenters. The van der Waals surface area contributed by atoms with Crippen molar-refractivity contribution in [2.75, 3.05) is 26.2 Å². The number of rotatable bonds is 6. The van der Waals surface area contributed by atoms with Gasteiger partial charge in [0.15, 0.2) is 0 Å². The van der Waals surface area contributed by atoms with Crippen molar-refractivity contribution >= 4 is 47.3 Å². The van der Waals surface area contributed by atoms with Crippen LogP contribution in [-0.4, -0.2) is 47.0 Å². The van der Waals surface area contributed by atoms with Crippen LogP contribution in [0.4, 0.5) is 0 Å². The average molecular weight is 495 g/mol. The summed E-state index contributed by atoms with van der Waals surface area (Å²) in [6, 6.07) is 19.9. The largest absolute Gasteiger partial charge is 0.301 e. The lowest BCUT2D eigenvalue weighted by atomic mass is 9.95. The second-order valence-corrected chi connectivity index (χ2v) is 8.72. The minimum absolute atomic E-state index is 0. The highest BCUT2D eigenvalue weighted by molar-refractivity contribution is 6.31. The van der Waals surface area contributed by atoms with E-state index in [1.807, 2.05) is 18.2 Å². The van der Waals surface area contributed by atoms with Gasteiger partial charge < -0.3 is 4.90 Å². The SMILES string of the molecule is CCN(CC)C1CCN(C(C)c2cc(-c3ccccc3)nc3cc(Cl)ccc23)CC1.Cl.Cl. The van der Waals surface area contributed by atoms with Gasteiger partial charge in [0, 0.05) is 41.1 Å². The van der Waals surface area contributed by atoms with Crippen LogP contribution in [0.5, 0.6) is 0 Å². The van der Waals surface area contributed by atoms with Crippen LogP contribution < -0.4 is 0 Å². The minimum Gasteiger partial charge on any atom is -0.301 e. The highest BCUT2D eigenvalue weighted by atomic mass is 35.5. The third kappa shape index (κ3) is 5.76. The molecule has 0 aliphatic carbocycles. The summed E-state index contributed by atoms with van der Waals surface area (Å²) in [6.45, 7) is 11.5. The highest BCUT2D eigenvalue weighted by Gasteiger charge is 2.27. The number of pyridine rings is 1. The number of aromatic nitrogens is 1. The molecule has 3 aromatic rings. The molecule has 1 aliphatic rings. The molecule has 0 amide bonds. The summed E-state index contributed by atoms with van der Waals surface area (Å²) in [7, 11) is 0. The van der Waals surface area contributed by atoms with Gasteiger partial charge in [-0.2, -0.15) is 0 Å². The van der Waals surface area contributed by atoms with Gasteiger partial charge in [0.25, 0.3) is 0 Å². The zero-order chi connectivity index (χ0) is 21.1. The van der Waals surface area contributed by atoms with Crippen molar-refractivity contribution in [3.05, 3.63) is 65.2 Å². The van der Waals surface area contributed by atoms with Crippen LogP contribution in [0.3, 0.4) is 0 Å². The molecule has 3 nitrogen and oxygen atoms in total. The fourth-order valence-corrected chi connectivity index (χ4v) is 5.07. The molecule has 32 heavy (non-hydrogen) atoms. The summed E-state index contributed by atoms with van der Waals surface area (Å²) in [5, 5.41) is 1.94. The van der Waals surface area contributed by atoms with Gasteiger partial charge in [0.05, 0.1) is 11.2 Å². The molecular weight excluding hydrogens is 461 g/mol. The van der Waals surface area contributed by atoms with Crippen molar-refractivity contribution in [2.45, 2.75) is 45.7 Å². The Morgan fingerprint density at radius 2 is 1.66 bits per heavy atom. The molecule has 0 N–H and O–H groups in total. The molecule has 6 heteroatoms. The monoisotopic (exact) mass is 493 g/mol. The zero-order valence-electron chi connectivity index (χ0n) is 19.1. The molecule has 0 bridgehead atoms. The van der Waals surface area contributed by atoms with E-state index in [-0.39, 0.29) is 24.8 Å². The minimum atomic E-state index is 0. The van der Waals surface area contributed by atoms with Crippen LogP contribution in [0.1, 0.15) is 45.2 Å². The summed E-state index contributed by atoms with van der Waals surface area (Å²) < 4.78 is 0. The molecule has 2 aromatic carbocycles. The first-order valence-electron chi connectivity index (χ1n) is 11.2. The van der Waals surface area contributed by atoms with Gasteiger partial charge in [-0.1, -0.05) is 61.8 Å². The number of nitrogens with zero attached hydrogens (tertiary/aromatic N) is 3. The summed E-state index contributed by atoms with van der Waals surface area (Å²) in [4.78, 5) is 10.2. The van der Waals surface area contributed by atoms with Crippen LogP contribution >= 0.6 is 36.4 Å². The smallest absolute Gasteiger partial charge is 0.0727 e. The van der Waals surface area contributed by atoms with Gasteiger partial charge in [0.2, 0.25) is 0 Å². The number of fused-ring (bicyclic) bond motifs is 1. The third-order valence-corrected chi connectivity index (χ3v) is 6.93. The van der Waals surface area contributed by atoms with Gasteiger partial charge >= 0.3 is 0 Å². The van der Waals surface area contributed by atoms with Gasteiger partial charge in [-0.25, -0.2) is 4.98 Å². The molecule has 1 atom stereocenters. The molecule has 2 heterocycles. The molecule has 1 saturated heterocycles. The van der Waals surface area contributed by atoms with Crippen LogP contribution in [-0.2, 0) is 0 Å². The Morgan fingerprint density at radius 1 is 1.00 bits per heavy atom. The van der Waals surface area contributed by atoms with E-state index in [2.05, 4.69) is 67.0 Å². The van der Waals surface area contributed by atoms with Crippen LogP contribution in [0.2, 0.25) is 5.02 Å². The topological polar surface area (TPSA) is 19.4 Å². The van der Waals surface area contributed by atoms with Crippen molar-refractivity contribution in [1.29, 1.82) is 0 Å². The number of hydrogen-bond acceptors (Lipinski definition) is 3. The standard InChI is InChI=1S/C26H32ClN3.2ClH/c1-4-29(5-2)22-13-15-30(16-14-22)19(3)24-18-25(20-9-7-6-8-10-20)28-26-17-21(27)11-12-23(24)26;;/h6-12,17-19,22H,4-5,13-16H2,1-3H3;2*1H. The van der Waals surface area contributed by atoms with Crippen molar-refractivity contribution in [2.24, 2.45) is 0 Å². The molecule has 1 aromatic heterocycles. The van der Waals surface area contributed by atoms with Gasteiger partial charge in [0.1, 0.15) is 0 Å². The fraction of sp³-hybridized carbons (Fsp3) is 0.423. The number of hydrogen-bond donors (Lipinski definition) is 0. The first-order chi connectivity index (χ1) is 14.6. The maximum atomic E-state index is 6.32. The Bertz CT molecular complexity index is 984. The Morgan fingerprint density at radius 3 is 2.28 bits per heavy atom. The Kier molecular flexibility index (Phi) is 10.3. The van der Waals surface area contributed by atoms with E-state index < -0.39 is 0 Å². The summed E-state index contributed by atoms with van der Waals surface area (Å²) >= 11 is 6.32. The van der Waals surface area contributed by atoms with E-state index >= 15 is 0 Å². The van der Waals surface area contributed by atoms with E-state index in [1.165, 1.54) is 23.8 Å². The van der Waals surface area contributed by atoms with E-state index in [0.29, 0.717) is 6.04 Å². The maximum absolute atomic E-state index is 6.32. The predicted octanol–water partition coefficient (Wildman–Crippen LogP) is 7.27. The lowest BCUT2D eigenvalue weighted by Gasteiger charge is -2.40. The Hall–Kier alpha value is -1.36. The van der Waals surface area contributed by atoms with Gasteiger partial charge in [-0.15, -0.1) is 24.8 Å². The van der Waals surface area contributed by atoms with E-state index in [4.69, 9.17) is 16.6 Å². The van der Waals surface area contributed by atoms with Crippen LogP contribution in [0, 0.1) is 0 Å². The zero-order valence-corrected chi connectivity index (χ0v) is 21.5. The van der Waals surface area contributed by atoms with Crippen molar-refractivity contribution in [1.82, 2.24) is 14.8 Å². The summed E-state index contributed by atoms with van der Waals surface area (Å²) in [5.74, 6) is 0. The normalized spacial score (nSPS) is 15.9. The quantitative estimate of drug-likeness (QED) is 0.359. The average Bonchev–Trinajstić information content (AvgIpc) is 2.79. The number of benzene rings is 2. The lowest BCUT2D eigenvalue weighted by molar-refractivity contribution is 0.0943. The number of piperidine rings is 1. The molecule has 0 spiro atoms. The molecule has 4 rings (SSSR count). The lowest BCUT2D eigenvalue weighted by Crippen LogP contribution is -2.45. The van der Waals surface area contributed by atoms with Crippen LogP contribution in [0.15, 0.2) is 54.6 Å². The van der Waals surface area contributed by atoms with Crippen molar-refractivity contribution in [3.8, 4) is 11.3 Å². The third-order valence-electron chi connectivity index (χ3n) is 6.70. The van der Waals surface area contributed by atoms with Crippen LogP contribution in [0.25, 0.3) is 22.2 Å².